The number of hydrogen-bond donors (Lipinski definition) is 7. The molecule has 0 amide bonds. The summed E-state index contributed by atoms with van der Waals surface area (Å²) in [6.45, 7) is 0. The summed E-state index contributed by atoms with van der Waals surface area (Å²) < 4.78 is 138. The minimum atomic E-state index is -5.06. The molecule has 358 valence electrons. The summed E-state index contributed by atoms with van der Waals surface area (Å²) in [6, 6.07) is 33.0. The first-order valence-electron chi connectivity index (χ1n) is 20.2. The van der Waals surface area contributed by atoms with Crippen molar-refractivity contribution in [1.29, 1.82) is 0 Å². The number of phenols is 1. The molecule has 9 rings (SSSR count). The largest absolute Gasteiger partial charge is 0.507 e. The molecule has 0 heterocycles. The summed E-state index contributed by atoms with van der Waals surface area (Å²) in [7, 11) is -19.6. The highest BCUT2D eigenvalue weighted by atomic mass is 32.2. The van der Waals surface area contributed by atoms with Gasteiger partial charge in [-0.2, -0.15) is 38.8 Å². The SMILES string of the molecule is O=C1/C(=N/Nc2ccc(N=Nc3ccc(N=Nc4cc(S(=O)(=O)O)cc5cc(S(=O)(=O)O)cc(O)c45)c4ccccc34)c3ccc(S(=O)(=O)O)cc23)C(S(=O)(=O)O)=Cc2cc(Nc3ccccc3)ccc21. The van der Waals surface area contributed by atoms with Gasteiger partial charge in [0.2, 0.25) is 5.78 Å². The number of carbonyl (C=O) groups excluding carboxylic acids is 1. The van der Waals surface area contributed by atoms with Gasteiger partial charge < -0.3 is 10.4 Å². The van der Waals surface area contributed by atoms with E-state index < -0.39 is 77.3 Å². The van der Waals surface area contributed by atoms with Crippen molar-refractivity contribution in [2.75, 3.05) is 10.7 Å². The summed E-state index contributed by atoms with van der Waals surface area (Å²) in [5.41, 5.74) is 3.72. The number of carbonyl (C=O) groups is 1. The summed E-state index contributed by atoms with van der Waals surface area (Å²) >= 11 is 0. The molecule has 0 bridgehead atoms. The van der Waals surface area contributed by atoms with Gasteiger partial charge in [0.25, 0.3) is 40.5 Å². The predicted molar refractivity (Wildman–Crippen MR) is 262 cm³/mol. The third-order valence-corrected chi connectivity index (χ3v) is 14.3. The van der Waals surface area contributed by atoms with Crippen LogP contribution in [0.4, 0.5) is 39.8 Å². The van der Waals surface area contributed by atoms with E-state index in [0.717, 1.165) is 48.2 Å². The van der Waals surface area contributed by atoms with Crippen LogP contribution in [0.3, 0.4) is 0 Å². The fourth-order valence-electron chi connectivity index (χ4n) is 7.63. The number of nitrogens with one attached hydrogen (secondary N) is 2. The lowest BCUT2D eigenvalue weighted by molar-refractivity contribution is 0.106. The van der Waals surface area contributed by atoms with Crippen LogP contribution in [0.1, 0.15) is 15.9 Å². The second-order valence-electron chi connectivity index (χ2n) is 15.5. The Morgan fingerprint density at radius 1 is 0.465 bits per heavy atom. The van der Waals surface area contributed by atoms with Crippen LogP contribution < -0.4 is 10.7 Å². The number of ketones is 1. The third kappa shape index (κ3) is 9.87. The van der Waals surface area contributed by atoms with E-state index in [1.54, 1.807) is 54.6 Å². The maximum absolute atomic E-state index is 13.8. The number of azo groups is 2. The van der Waals surface area contributed by atoms with Crippen molar-refractivity contribution in [3.05, 3.63) is 156 Å². The number of anilines is 3. The highest BCUT2D eigenvalue weighted by molar-refractivity contribution is 7.91. The first-order valence-corrected chi connectivity index (χ1v) is 26.0. The van der Waals surface area contributed by atoms with E-state index in [0.29, 0.717) is 16.5 Å². The van der Waals surface area contributed by atoms with Crippen molar-refractivity contribution < 1.29 is 61.8 Å². The molecule has 0 fully saturated rings. The number of hydrazone groups is 1. The van der Waals surface area contributed by atoms with E-state index in [2.05, 4.69) is 36.3 Å². The van der Waals surface area contributed by atoms with Gasteiger partial charge in [-0.3, -0.25) is 28.4 Å². The van der Waals surface area contributed by atoms with E-state index in [1.165, 1.54) is 42.5 Å². The number of fused-ring (bicyclic) bond motifs is 4. The molecule has 1 aliphatic rings. The minimum absolute atomic E-state index is 0.00917. The molecule has 21 nitrogen and oxygen atoms in total. The Labute approximate surface area is 402 Å². The molecule has 25 heteroatoms. The molecule has 71 heavy (non-hydrogen) atoms. The molecule has 0 atom stereocenters. The Morgan fingerprint density at radius 3 is 1.61 bits per heavy atom. The predicted octanol–water partition coefficient (Wildman–Crippen LogP) is 10.1. The molecule has 8 aromatic carbocycles. The lowest BCUT2D eigenvalue weighted by Gasteiger charge is -2.18. The van der Waals surface area contributed by atoms with Gasteiger partial charge in [-0.05, 0) is 102 Å². The monoisotopic (exact) mass is 1030 g/mol. The number of hydrogen-bond acceptors (Lipinski definition) is 17. The van der Waals surface area contributed by atoms with Crippen LogP contribution >= 0.6 is 0 Å². The van der Waals surface area contributed by atoms with Crippen LogP contribution in [-0.2, 0) is 40.5 Å². The molecular formula is C46H31N7O14S4. The van der Waals surface area contributed by atoms with Crippen molar-refractivity contribution in [3.8, 4) is 5.75 Å². The number of benzene rings is 8. The third-order valence-electron chi connectivity index (χ3n) is 10.9. The quantitative estimate of drug-likeness (QED) is 0.0340. The summed E-state index contributed by atoms with van der Waals surface area (Å²) in [5, 5.41) is 36.1. The summed E-state index contributed by atoms with van der Waals surface area (Å²) in [6.07, 6.45) is 1.09. The lowest BCUT2D eigenvalue weighted by atomic mass is 9.94. The van der Waals surface area contributed by atoms with Crippen LogP contribution in [0.25, 0.3) is 38.4 Å². The standard InChI is InChI=1S/C46H31N7O14S4/c54-42-24-31(70(62,63)64)20-26-19-30(69(59,60)61)23-41(44(26)42)52-50-38-15-14-37(33-8-4-5-9-34(33)38)48-49-39-16-17-40(36-22-29(68(56,57)58)11-13-35(36)39)51-53-45-43(71(65,66)67)21-25-18-28(10-12-32(25)46(45)55)47-27-6-2-1-3-7-27/h1-24,47,51,54H,(H,56,57,58)(H,59,60,61)(H,62,63,64)(H,65,66,67)/b49-48?,52-50?,53-45+. The van der Waals surface area contributed by atoms with Crippen molar-refractivity contribution >= 4 is 130 Å². The second-order valence-corrected chi connectivity index (χ2v) is 21.1. The van der Waals surface area contributed by atoms with Crippen LogP contribution in [0.2, 0.25) is 0 Å². The number of allylic oxidation sites excluding steroid dienone is 1. The van der Waals surface area contributed by atoms with Crippen molar-refractivity contribution in [1.82, 2.24) is 0 Å². The Bertz CT molecular complexity index is 4200. The highest BCUT2D eigenvalue weighted by Crippen LogP contribution is 2.42. The van der Waals surface area contributed by atoms with Crippen LogP contribution in [0, 0.1) is 0 Å². The highest BCUT2D eigenvalue weighted by Gasteiger charge is 2.33. The van der Waals surface area contributed by atoms with E-state index in [1.807, 2.05) is 6.07 Å². The minimum Gasteiger partial charge on any atom is -0.507 e. The molecular weight excluding hydrogens is 1000 g/mol. The van der Waals surface area contributed by atoms with E-state index >= 15 is 0 Å². The molecule has 0 aliphatic heterocycles. The van der Waals surface area contributed by atoms with Gasteiger partial charge in [-0.1, -0.05) is 48.5 Å². The molecule has 8 aromatic rings. The van der Waals surface area contributed by atoms with Gasteiger partial charge in [0, 0.05) is 44.5 Å². The number of nitrogens with zero attached hydrogens (tertiary/aromatic N) is 5. The topological polar surface area (TPSA) is 341 Å². The van der Waals surface area contributed by atoms with Crippen molar-refractivity contribution in [3.63, 3.8) is 0 Å². The van der Waals surface area contributed by atoms with Crippen molar-refractivity contribution in [2.24, 2.45) is 25.6 Å². The molecule has 0 aromatic heterocycles. The zero-order chi connectivity index (χ0) is 50.6. The molecule has 0 saturated carbocycles. The molecule has 0 saturated heterocycles. The zero-order valence-corrected chi connectivity index (χ0v) is 38.9. The number of para-hydroxylation sites is 1. The lowest BCUT2D eigenvalue weighted by Crippen LogP contribution is -2.27. The first kappa shape index (κ1) is 47.9. The van der Waals surface area contributed by atoms with E-state index in [-0.39, 0.29) is 61.1 Å². The fourth-order valence-corrected chi connectivity index (χ4v) is 9.87. The van der Waals surface area contributed by atoms with Crippen molar-refractivity contribution in [2.45, 2.75) is 14.7 Å². The van der Waals surface area contributed by atoms with Gasteiger partial charge in [-0.15, -0.1) is 20.5 Å². The number of rotatable bonds is 12. The van der Waals surface area contributed by atoms with Gasteiger partial charge in [-0.25, -0.2) is 0 Å². The Hall–Kier alpha value is -8.14. The summed E-state index contributed by atoms with van der Waals surface area (Å²) in [5.74, 6) is -1.57. The average molecular weight is 1030 g/mol. The Balaban J connectivity index is 1.07. The van der Waals surface area contributed by atoms with Gasteiger partial charge in [0.05, 0.1) is 48.5 Å². The van der Waals surface area contributed by atoms with Crippen LogP contribution in [0.5, 0.6) is 5.75 Å². The molecule has 0 unspecified atom stereocenters. The normalized spacial score (nSPS) is 14.2. The first-order chi connectivity index (χ1) is 33.5. The van der Waals surface area contributed by atoms with E-state index in [9.17, 15) is 61.8 Å². The van der Waals surface area contributed by atoms with Gasteiger partial charge >= 0.3 is 0 Å². The molecule has 1 aliphatic carbocycles. The second kappa shape index (κ2) is 18.0. The smallest absolute Gasteiger partial charge is 0.296 e. The number of phenolic OH excluding ortho intramolecular Hbond substituents is 1. The fraction of sp³-hybridized carbons (Fsp3) is 0. The number of Topliss-reactive ketones (excluding diaryl/α,β-unsaturated/α-hetero) is 1. The van der Waals surface area contributed by atoms with Crippen LogP contribution in [-0.4, -0.2) is 68.5 Å². The van der Waals surface area contributed by atoms with Crippen LogP contribution in [0.15, 0.2) is 185 Å². The maximum Gasteiger partial charge on any atom is 0.296 e. The van der Waals surface area contributed by atoms with E-state index in [4.69, 9.17) is 0 Å². The molecule has 0 spiro atoms. The number of aromatic hydroxyl groups is 1. The maximum atomic E-state index is 13.8. The Kier molecular flexibility index (Phi) is 12.1. The Morgan fingerprint density at radius 2 is 1.01 bits per heavy atom. The molecule has 7 N–H and O–H groups in total. The van der Waals surface area contributed by atoms with Gasteiger partial charge in [0.1, 0.15) is 10.7 Å². The summed E-state index contributed by atoms with van der Waals surface area (Å²) in [4.78, 5) is 11.0. The van der Waals surface area contributed by atoms with Gasteiger partial charge in [0.15, 0.2) is 5.71 Å². The zero-order valence-electron chi connectivity index (χ0n) is 35.6. The average Bonchev–Trinajstić information content (AvgIpc) is 3.31. The molecule has 0 radical (unpaired) electrons.